The van der Waals surface area contributed by atoms with Crippen LogP contribution in [-0.4, -0.2) is 13.6 Å². The average Bonchev–Trinajstić information content (AvgIpc) is 2.43. The molecule has 0 saturated heterocycles. The molecule has 1 unspecified atom stereocenters. The van der Waals surface area contributed by atoms with Gasteiger partial charge in [0.15, 0.2) is 0 Å². The maximum absolute atomic E-state index is 13.9. The van der Waals surface area contributed by atoms with Crippen LogP contribution in [0.15, 0.2) is 42.5 Å². The lowest BCUT2D eigenvalue weighted by molar-refractivity contribution is 0.556. The lowest BCUT2D eigenvalue weighted by Crippen LogP contribution is -2.20. The Morgan fingerprint density at radius 2 is 1.85 bits per heavy atom. The van der Waals surface area contributed by atoms with Gasteiger partial charge < -0.3 is 5.32 Å². The number of halogens is 3. The minimum Gasteiger partial charge on any atom is -0.319 e. The van der Waals surface area contributed by atoms with E-state index in [1.807, 2.05) is 13.1 Å². The van der Waals surface area contributed by atoms with Crippen molar-refractivity contribution in [2.45, 2.75) is 12.3 Å². The summed E-state index contributed by atoms with van der Waals surface area (Å²) in [6, 6.07) is 11.3. The Hall–Kier alpha value is -1.45. The molecule has 2 aromatic rings. The summed E-state index contributed by atoms with van der Waals surface area (Å²) in [7, 11) is 1.82. The summed E-state index contributed by atoms with van der Waals surface area (Å²) in [4.78, 5) is 0. The highest BCUT2D eigenvalue weighted by molar-refractivity contribution is 6.30. The average molecular weight is 296 g/mol. The number of hydrogen-bond acceptors (Lipinski definition) is 1. The number of benzene rings is 2. The van der Waals surface area contributed by atoms with Crippen LogP contribution in [0, 0.1) is 11.6 Å². The van der Waals surface area contributed by atoms with E-state index in [2.05, 4.69) is 5.32 Å². The Bertz CT molecular complexity index is 586. The van der Waals surface area contributed by atoms with Gasteiger partial charge in [-0.15, -0.1) is 0 Å². The van der Waals surface area contributed by atoms with Gasteiger partial charge >= 0.3 is 0 Å². The predicted molar refractivity (Wildman–Crippen MR) is 78.2 cm³/mol. The zero-order chi connectivity index (χ0) is 14.5. The Labute approximate surface area is 122 Å². The van der Waals surface area contributed by atoms with Crippen LogP contribution in [0.5, 0.6) is 0 Å². The SMILES string of the molecule is CNCC(Cc1ccc(F)c(Cl)c1)c1ccccc1F. The molecule has 0 aliphatic rings. The van der Waals surface area contributed by atoms with Crippen molar-refractivity contribution in [2.75, 3.05) is 13.6 Å². The summed E-state index contributed by atoms with van der Waals surface area (Å²) in [5.41, 5.74) is 1.54. The van der Waals surface area contributed by atoms with Crippen LogP contribution in [0.25, 0.3) is 0 Å². The molecule has 0 bridgehead atoms. The molecule has 2 aromatic carbocycles. The molecule has 106 valence electrons. The van der Waals surface area contributed by atoms with Crippen molar-refractivity contribution in [1.29, 1.82) is 0 Å². The topological polar surface area (TPSA) is 12.0 Å². The summed E-state index contributed by atoms with van der Waals surface area (Å²) in [5.74, 6) is -0.685. The number of rotatable bonds is 5. The van der Waals surface area contributed by atoms with Crippen LogP contribution >= 0.6 is 11.6 Å². The van der Waals surface area contributed by atoms with Gasteiger partial charge in [0.1, 0.15) is 11.6 Å². The molecule has 0 aromatic heterocycles. The molecule has 0 amide bonds. The Balaban J connectivity index is 2.25. The fraction of sp³-hybridized carbons (Fsp3) is 0.250. The summed E-state index contributed by atoms with van der Waals surface area (Å²) < 4.78 is 27.1. The van der Waals surface area contributed by atoms with Crippen molar-refractivity contribution in [1.82, 2.24) is 5.32 Å². The first-order valence-electron chi connectivity index (χ1n) is 6.44. The van der Waals surface area contributed by atoms with Gasteiger partial charge in [0.2, 0.25) is 0 Å². The summed E-state index contributed by atoms with van der Waals surface area (Å²) in [6.45, 7) is 0.635. The van der Waals surface area contributed by atoms with Crippen LogP contribution < -0.4 is 5.32 Å². The van der Waals surface area contributed by atoms with Gasteiger partial charge in [0.25, 0.3) is 0 Å². The van der Waals surface area contributed by atoms with Crippen molar-refractivity contribution in [3.05, 3.63) is 70.2 Å². The van der Waals surface area contributed by atoms with Crippen LogP contribution in [0.3, 0.4) is 0 Å². The van der Waals surface area contributed by atoms with Crippen LogP contribution in [0.2, 0.25) is 5.02 Å². The normalized spacial score (nSPS) is 12.4. The maximum Gasteiger partial charge on any atom is 0.141 e. The van der Waals surface area contributed by atoms with Crippen molar-refractivity contribution in [2.24, 2.45) is 0 Å². The zero-order valence-corrected chi connectivity index (χ0v) is 11.9. The smallest absolute Gasteiger partial charge is 0.141 e. The number of nitrogens with one attached hydrogen (secondary N) is 1. The molecule has 0 aliphatic carbocycles. The molecular weight excluding hydrogens is 280 g/mol. The highest BCUT2D eigenvalue weighted by Gasteiger charge is 2.16. The van der Waals surface area contributed by atoms with E-state index >= 15 is 0 Å². The maximum atomic E-state index is 13.9. The second-order valence-corrected chi connectivity index (χ2v) is 5.14. The molecular formula is C16H16ClF2N. The first kappa shape index (κ1) is 14.9. The van der Waals surface area contributed by atoms with E-state index in [1.54, 1.807) is 24.3 Å². The molecule has 0 radical (unpaired) electrons. The second kappa shape index (κ2) is 6.82. The molecule has 20 heavy (non-hydrogen) atoms. The van der Waals surface area contributed by atoms with E-state index in [0.29, 0.717) is 18.5 Å². The number of likely N-dealkylation sites (N-methyl/N-ethyl adjacent to an activating group) is 1. The fourth-order valence-corrected chi connectivity index (χ4v) is 2.50. The lowest BCUT2D eigenvalue weighted by Gasteiger charge is -2.18. The van der Waals surface area contributed by atoms with Gasteiger partial charge in [-0.2, -0.15) is 0 Å². The third-order valence-corrected chi connectivity index (χ3v) is 3.55. The summed E-state index contributed by atoms with van der Waals surface area (Å²) in [5, 5.41) is 3.16. The van der Waals surface area contributed by atoms with Crippen LogP contribution in [-0.2, 0) is 6.42 Å². The minimum absolute atomic E-state index is 0.0253. The third-order valence-electron chi connectivity index (χ3n) is 3.26. The lowest BCUT2D eigenvalue weighted by atomic mass is 9.91. The van der Waals surface area contributed by atoms with E-state index in [-0.39, 0.29) is 16.8 Å². The molecule has 1 nitrogen and oxygen atoms in total. The molecule has 0 aliphatic heterocycles. The Morgan fingerprint density at radius 1 is 1.10 bits per heavy atom. The molecule has 4 heteroatoms. The minimum atomic E-state index is -0.438. The van der Waals surface area contributed by atoms with Gasteiger partial charge in [-0.1, -0.05) is 35.9 Å². The van der Waals surface area contributed by atoms with Crippen LogP contribution in [0.4, 0.5) is 8.78 Å². The van der Waals surface area contributed by atoms with Gasteiger partial charge in [-0.05, 0) is 42.8 Å². The van der Waals surface area contributed by atoms with E-state index in [4.69, 9.17) is 11.6 Å². The molecule has 1 N–H and O–H groups in total. The van der Waals surface area contributed by atoms with Crippen molar-refractivity contribution in [3.63, 3.8) is 0 Å². The fourth-order valence-electron chi connectivity index (χ4n) is 2.30. The summed E-state index contributed by atoms with van der Waals surface area (Å²) >= 11 is 5.79. The van der Waals surface area contributed by atoms with Gasteiger partial charge in [0.05, 0.1) is 5.02 Å². The quantitative estimate of drug-likeness (QED) is 0.873. The first-order chi connectivity index (χ1) is 9.61. The summed E-state index contributed by atoms with van der Waals surface area (Å²) in [6.07, 6.45) is 0.599. The van der Waals surface area contributed by atoms with Crippen molar-refractivity contribution < 1.29 is 8.78 Å². The standard InChI is InChI=1S/C16H16ClF2N/c1-20-10-12(13-4-2-3-5-15(13)18)8-11-6-7-16(19)14(17)9-11/h2-7,9,12,20H,8,10H2,1H3. The van der Waals surface area contributed by atoms with Crippen molar-refractivity contribution in [3.8, 4) is 0 Å². The van der Waals surface area contributed by atoms with E-state index in [1.165, 1.54) is 12.1 Å². The first-order valence-corrected chi connectivity index (χ1v) is 6.82. The monoisotopic (exact) mass is 295 g/mol. The Kier molecular flexibility index (Phi) is 5.10. The molecule has 1 atom stereocenters. The molecule has 0 heterocycles. The largest absolute Gasteiger partial charge is 0.319 e. The van der Waals surface area contributed by atoms with Gasteiger partial charge in [0, 0.05) is 12.5 Å². The third kappa shape index (κ3) is 3.56. The van der Waals surface area contributed by atoms with Crippen molar-refractivity contribution >= 4 is 11.6 Å². The molecule has 0 saturated carbocycles. The number of hydrogen-bond donors (Lipinski definition) is 1. The highest BCUT2D eigenvalue weighted by atomic mass is 35.5. The zero-order valence-electron chi connectivity index (χ0n) is 11.2. The van der Waals surface area contributed by atoms with Gasteiger partial charge in [-0.3, -0.25) is 0 Å². The predicted octanol–water partition coefficient (Wildman–Crippen LogP) is 4.16. The van der Waals surface area contributed by atoms with Gasteiger partial charge in [-0.25, -0.2) is 8.78 Å². The molecule has 2 rings (SSSR count). The molecule has 0 fully saturated rings. The van der Waals surface area contributed by atoms with E-state index in [9.17, 15) is 8.78 Å². The van der Waals surface area contributed by atoms with E-state index in [0.717, 1.165) is 5.56 Å². The Morgan fingerprint density at radius 3 is 2.50 bits per heavy atom. The second-order valence-electron chi connectivity index (χ2n) is 4.73. The highest BCUT2D eigenvalue weighted by Crippen LogP contribution is 2.25. The van der Waals surface area contributed by atoms with Crippen LogP contribution in [0.1, 0.15) is 17.0 Å². The molecule has 0 spiro atoms. The van der Waals surface area contributed by atoms with E-state index < -0.39 is 5.82 Å².